The van der Waals surface area contributed by atoms with Crippen molar-refractivity contribution in [3.63, 3.8) is 0 Å². The van der Waals surface area contributed by atoms with Crippen LogP contribution in [-0.4, -0.2) is 22.6 Å². The summed E-state index contributed by atoms with van der Waals surface area (Å²) in [7, 11) is 0. The van der Waals surface area contributed by atoms with E-state index in [-0.39, 0.29) is 11.9 Å². The van der Waals surface area contributed by atoms with E-state index in [1.54, 1.807) is 6.20 Å². The number of nitrogens with two attached hydrogens (primary N) is 1. The quantitative estimate of drug-likeness (QED) is 0.497. The number of aryl methyl sites for hydroxylation is 1. The van der Waals surface area contributed by atoms with Gasteiger partial charge in [0, 0.05) is 17.5 Å². The van der Waals surface area contributed by atoms with Gasteiger partial charge in [0.25, 0.3) is 5.91 Å². The van der Waals surface area contributed by atoms with Crippen LogP contribution in [0.15, 0.2) is 72.9 Å². The molecule has 140 valence electrons. The van der Waals surface area contributed by atoms with Gasteiger partial charge in [0.2, 0.25) is 0 Å². The minimum atomic E-state index is -0.224. The lowest BCUT2D eigenvalue weighted by Crippen LogP contribution is -2.33. The van der Waals surface area contributed by atoms with Gasteiger partial charge >= 0.3 is 0 Å². The molecule has 5 nitrogen and oxygen atoms in total. The number of hydrogen-bond acceptors (Lipinski definition) is 3. The van der Waals surface area contributed by atoms with E-state index in [0.29, 0.717) is 12.1 Å². The number of aromatic amines is 1. The van der Waals surface area contributed by atoms with Crippen LogP contribution in [0.4, 0.5) is 0 Å². The Balaban J connectivity index is 1.58. The molecule has 0 saturated heterocycles. The largest absolute Gasteiger partial charge is 0.344 e. The fraction of sp³-hybridized carbons (Fsp3) is 0.130. The van der Waals surface area contributed by atoms with Crippen LogP contribution >= 0.6 is 0 Å². The number of aromatic nitrogens is 2. The zero-order chi connectivity index (χ0) is 19.5. The molecule has 1 amide bonds. The molecule has 1 unspecified atom stereocenters. The average molecular weight is 370 g/mol. The molecule has 1 heterocycles. The first-order chi connectivity index (χ1) is 13.6. The highest BCUT2D eigenvalue weighted by Crippen LogP contribution is 2.24. The highest BCUT2D eigenvalue weighted by molar-refractivity contribution is 5.96. The third-order valence-corrected chi connectivity index (χ3v) is 4.88. The van der Waals surface area contributed by atoms with Crippen LogP contribution in [0.3, 0.4) is 0 Å². The number of benzene rings is 3. The topological polar surface area (TPSA) is 83.8 Å². The minimum absolute atomic E-state index is 0.136. The summed E-state index contributed by atoms with van der Waals surface area (Å²) in [6.07, 6.45) is 1.79. The number of carbonyl (C=O) groups excluding carboxylic acids is 1. The number of H-pyrrole nitrogens is 1. The molecule has 1 aromatic heterocycles. The van der Waals surface area contributed by atoms with Gasteiger partial charge in [-0.15, -0.1) is 0 Å². The normalized spacial score (nSPS) is 12.1. The Morgan fingerprint density at radius 2 is 1.89 bits per heavy atom. The van der Waals surface area contributed by atoms with E-state index in [1.165, 1.54) is 0 Å². The van der Waals surface area contributed by atoms with E-state index in [4.69, 9.17) is 5.73 Å². The molecule has 0 aliphatic carbocycles. The fourth-order valence-electron chi connectivity index (χ4n) is 3.37. The molecule has 0 aliphatic heterocycles. The second kappa shape index (κ2) is 7.66. The predicted molar refractivity (Wildman–Crippen MR) is 112 cm³/mol. The third kappa shape index (κ3) is 3.66. The number of carbonyl (C=O) groups is 1. The van der Waals surface area contributed by atoms with Crippen LogP contribution in [0.5, 0.6) is 0 Å². The van der Waals surface area contributed by atoms with Crippen molar-refractivity contribution >= 4 is 16.8 Å². The third-order valence-electron chi connectivity index (χ3n) is 4.88. The molecule has 4 rings (SSSR count). The van der Waals surface area contributed by atoms with Gasteiger partial charge in [0.05, 0.1) is 17.8 Å². The van der Waals surface area contributed by atoms with E-state index in [1.807, 2.05) is 67.6 Å². The van der Waals surface area contributed by atoms with E-state index >= 15 is 0 Å². The van der Waals surface area contributed by atoms with E-state index in [0.717, 1.165) is 33.2 Å². The first-order valence-corrected chi connectivity index (χ1v) is 9.25. The summed E-state index contributed by atoms with van der Waals surface area (Å²) in [5.41, 5.74) is 11.7. The van der Waals surface area contributed by atoms with Gasteiger partial charge in [-0.1, -0.05) is 48.0 Å². The van der Waals surface area contributed by atoms with E-state index < -0.39 is 0 Å². The lowest BCUT2D eigenvalue weighted by Gasteiger charge is -2.18. The average Bonchev–Trinajstić information content (AvgIpc) is 3.20. The number of nitrogens with zero attached hydrogens (tertiary/aromatic N) is 1. The SMILES string of the molecule is Cc1cccc(C(CN)NC(=O)c2cccc(-c3ccc4[nH]ncc4c3)c2)c1. The monoisotopic (exact) mass is 370 g/mol. The number of nitrogens with one attached hydrogen (secondary N) is 2. The fourth-order valence-corrected chi connectivity index (χ4v) is 3.37. The van der Waals surface area contributed by atoms with Crippen molar-refractivity contribution in [2.75, 3.05) is 6.54 Å². The Labute approximate surface area is 163 Å². The van der Waals surface area contributed by atoms with Crippen molar-refractivity contribution in [1.29, 1.82) is 0 Å². The minimum Gasteiger partial charge on any atom is -0.344 e. The predicted octanol–water partition coefficient (Wildman–Crippen LogP) is 3.97. The molecular weight excluding hydrogens is 348 g/mol. The summed E-state index contributed by atoms with van der Waals surface area (Å²) in [4.78, 5) is 12.8. The molecule has 0 spiro atoms. The zero-order valence-corrected chi connectivity index (χ0v) is 15.6. The van der Waals surface area contributed by atoms with Crippen molar-refractivity contribution in [2.24, 2.45) is 5.73 Å². The maximum absolute atomic E-state index is 12.8. The van der Waals surface area contributed by atoms with Gasteiger partial charge in [0.15, 0.2) is 0 Å². The molecule has 0 radical (unpaired) electrons. The summed E-state index contributed by atoms with van der Waals surface area (Å²) in [6.45, 7) is 2.37. The standard InChI is InChI=1S/C23H22N4O/c1-15-4-2-6-18(10-15)22(13-24)26-23(28)19-7-3-5-16(11-19)17-8-9-21-20(12-17)14-25-27-21/h2-12,14,22H,13,24H2,1H3,(H,25,27)(H,26,28). The highest BCUT2D eigenvalue weighted by Gasteiger charge is 2.15. The molecule has 0 fully saturated rings. The summed E-state index contributed by atoms with van der Waals surface area (Å²) in [5, 5.41) is 11.1. The van der Waals surface area contributed by atoms with Crippen molar-refractivity contribution in [2.45, 2.75) is 13.0 Å². The van der Waals surface area contributed by atoms with Gasteiger partial charge in [0.1, 0.15) is 0 Å². The van der Waals surface area contributed by atoms with Crippen LogP contribution < -0.4 is 11.1 Å². The Kier molecular flexibility index (Phi) is 4.91. The molecular formula is C23H22N4O. The van der Waals surface area contributed by atoms with Crippen LogP contribution in [0.2, 0.25) is 0 Å². The zero-order valence-electron chi connectivity index (χ0n) is 15.6. The number of rotatable bonds is 5. The van der Waals surface area contributed by atoms with Crippen LogP contribution in [0.1, 0.15) is 27.5 Å². The summed E-state index contributed by atoms with van der Waals surface area (Å²) in [6, 6.07) is 21.5. The first kappa shape index (κ1) is 17.9. The number of hydrogen-bond donors (Lipinski definition) is 3. The van der Waals surface area contributed by atoms with Gasteiger partial charge in [-0.25, -0.2) is 0 Å². The maximum atomic E-state index is 12.8. The maximum Gasteiger partial charge on any atom is 0.251 e. The molecule has 0 bridgehead atoms. The van der Waals surface area contributed by atoms with Crippen LogP contribution in [0.25, 0.3) is 22.0 Å². The van der Waals surface area contributed by atoms with E-state index in [9.17, 15) is 4.79 Å². The summed E-state index contributed by atoms with van der Waals surface area (Å²) >= 11 is 0. The van der Waals surface area contributed by atoms with Gasteiger partial charge in [-0.2, -0.15) is 5.10 Å². The molecule has 28 heavy (non-hydrogen) atoms. The van der Waals surface area contributed by atoms with Crippen LogP contribution in [-0.2, 0) is 0 Å². The molecule has 4 N–H and O–H groups in total. The smallest absolute Gasteiger partial charge is 0.251 e. The van der Waals surface area contributed by atoms with Gasteiger partial charge in [-0.3, -0.25) is 9.89 Å². The number of fused-ring (bicyclic) bond motifs is 1. The molecule has 5 heteroatoms. The molecule has 4 aromatic rings. The van der Waals surface area contributed by atoms with Crippen molar-refractivity contribution in [3.8, 4) is 11.1 Å². The van der Waals surface area contributed by atoms with E-state index in [2.05, 4.69) is 21.6 Å². The molecule has 3 aromatic carbocycles. The Morgan fingerprint density at radius 1 is 1.07 bits per heavy atom. The summed E-state index contributed by atoms with van der Waals surface area (Å²) in [5.74, 6) is -0.136. The lowest BCUT2D eigenvalue weighted by molar-refractivity contribution is 0.0938. The lowest BCUT2D eigenvalue weighted by atomic mass is 10.0. The van der Waals surface area contributed by atoms with Crippen molar-refractivity contribution in [1.82, 2.24) is 15.5 Å². The second-order valence-corrected chi connectivity index (χ2v) is 6.93. The Morgan fingerprint density at radius 3 is 2.71 bits per heavy atom. The van der Waals surface area contributed by atoms with Gasteiger partial charge in [-0.05, 0) is 47.9 Å². The Hall–Kier alpha value is -3.44. The molecule has 0 aliphatic rings. The Bertz CT molecular complexity index is 1130. The van der Waals surface area contributed by atoms with Gasteiger partial charge < -0.3 is 11.1 Å². The number of amides is 1. The van der Waals surface area contributed by atoms with Crippen molar-refractivity contribution < 1.29 is 4.79 Å². The first-order valence-electron chi connectivity index (χ1n) is 9.25. The second-order valence-electron chi connectivity index (χ2n) is 6.93. The molecule has 1 atom stereocenters. The molecule has 0 saturated carbocycles. The van der Waals surface area contributed by atoms with Crippen molar-refractivity contribution in [3.05, 3.63) is 89.6 Å². The van der Waals surface area contributed by atoms with Crippen LogP contribution in [0, 0.1) is 6.92 Å². The highest BCUT2D eigenvalue weighted by atomic mass is 16.1. The summed E-state index contributed by atoms with van der Waals surface area (Å²) < 4.78 is 0.